The molecule has 1 aromatic heterocycles. The number of amides is 2. The Bertz CT molecular complexity index is 932. The molecule has 1 fully saturated rings. The van der Waals surface area contributed by atoms with Gasteiger partial charge in [-0.2, -0.15) is 5.10 Å². The van der Waals surface area contributed by atoms with Crippen molar-refractivity contribution in [2.75, 3.05) is 20.2 Å². The minimum absolute atomic E-state index is 0.0206. The van der Waals surface area contributed by atoms with Gasteiger partial charge in [-0.25, -0.2) is 0 Å². The summed E-state index contributed by atoms with van der Waals surface area (Å²) in [6.07, 6.45) is 1.48. The molecule has 0 bridgehead atoms. The molecule has 0 unspecified atom stereocenters. The van der Waals surface area contributed by atoms with E-state index in [0.717, 1.165) is 24.2 Å². The van der Waals surface area contributed by atoms with Crippen LogP contribution in [0.25, 0.3) is 0 Å². The van der Waals surface area contributed by atoms with E-state index in [1.165, 1.54) is 0 Å². The number of hydrogen-bond acceptors (Lipinski definition) is 5. The van der Waals surface area contributed by atoms with Crippen molar-refractivity contribution in [3.05, 3.63) is 41.2 Å². The van der Waals surface area contributed by atoms with Crippen molar-refractivity contribution in [2.45, 2.75) is 59.2 Å². The normalized spacial score (nSPS) is 15.5. The van der Waals surface area contributed by atoms with E-state index < -0.39 is 0 Å². The molecule has 0 saturated carbocycles. The number of carbonyl (C=O) groups is 2. The molecule has 8 nitrogen and oxygen atoms in total. The molecule has 2 amide bonds. The van der Waals surface area contributed by atoms with Crippen LogP contribution in [0.2, 0.25) is 0 Å². The number of benzene rings is 1. The average molecular weight is 429 g/mol. The maximum Gasteiger partial charge on any atom is 0.251 e. The van der Waals surface area contributed by atoms with Crippen LogP contribution in [0.15, 0.2) is 24.3 Å². The van der Waals surface area contributed by atoms with Gasteiger partial charge >= 0.3 is 0 Å². The quantitative estimate of drug-likeness (QED) is 0.733. The number of piperidine rings is 1. The smallest absolute Gasteiger partial charge is 0.251 e. The van der Waals surface area contributed by atoms with Gasteiger partial charge < -0.3 is 19.7 Å². The lowest BCUT2D eigenvalue weighted by Crippen LogP contribution is -2.40. The Balaban J connectivity index is 1.64. The molecular weight excluding hydrogens is 396 g/mol. The first-order valence-corrected chi connectivity index (χ1v) is 10.7. The monoisotopic (exact) mass is 428 g/mol. The number of aryl methyl sites for hydroxylation is 2. The number of nitrogens with one attached hydrogen (secondary N) is 1. The SMILES string of the molecule is COc1ccc(C(=O)N[C@H](C)Cn2nc(C)cc2C)cc1OC1CCN(C(C)=O)CC1. The van der Waals surface area contributed by atoms with Crippen molar-refractivity contribution in [3.63, 3.8) is 0 Å². The van der Waals surface area contributed by atoms with E-state index in [0.29, 0.717) is 36.7 Å². The summed E-state index contributed by atoms with van der Waals surface area (Å²) in [7, 11) is 1.58. The standard InChI is InChI=1S/C23H32N4O4/c1-15-12-17(3)27(25-15)14-16(2)24-23(29)19-6-7-21(30-5)22(13-19)31-20-8-10-26(11-9-20)18(4)28/h6-7,12-13,16,20H,8-11,14H2,1-5H3,(H,24,29)/t16-/m1/s1. The number of likely N-dealkylation sites (tertiary alicyclic amines) is 1. The molecular formula is C23H32N4O4. The Kier molecular flexibility index (Phi) is 7.20. The van der Waals surface area contributed by atoms with Gasteiger partial charge in [-0.3, -0.25) is 14.3 Å². The summed E-state index contributed by atoms with van der Waals surface area (Å²) in [5.41, 5.74) is 2.54. The van der Waals surface area contributed by atoms with Gasteiger partial charge in [0.1, 0.15) is 6.10 Å². The van der Waals surface area contributed by atoms with Crippen molar-refractivity contribution in [1.82, 2.24) is 20.0 Å². The zero-order valence-corrected chi connectivity index (χ0v) is 19.0. The van der Waals surface area contributed by atoms with E-state index in [9.17, 15) is 9.59 Å². The second-order valence-electron chi connectivity index (χ2n) is 8.17. The number of nitrogens with zero attached hydrogens (tertiary/aromatic N) is 3. The van der Waals surface area contributed by atoms with Gasteiger partial charge in [-0.15, -0.1) is 0 Å². The molecule has 168 valence electrons. The van der Waals surface area contributed by atoms with E-state index in [1.54, 1.807) is 32.2 Å². The molecule has 1 aliphatic rings. The highest BCUT2D eigenvalue weighted by Crippen LogP contribution is 2.31. The molecule has 1 aromatic carbocycles. The highest BCUT2D eigenvalue weighted by Gasteiger charge is 2.23. The van der Waals surface area contributed by atoms with Crippen LogP contribution >= 0.6 is 0 Å². The van der Waals surface area contributed by atoms with Gasteiger partial charge in [0.2, 0.25) is 5.91 Å². The molecule has 0 spiro atoms. The van der Waals surface area contributed by atoms with Crippen LogP contribution in [0, 0.1) is 13.8 Å². The fraction of sp³-hybridized carbons (Fsp3) is 0.522. The summed E-state index contributed by atoms with van der Waals surface area (Å²) in [4.78, 5) is 26.2. The Labute approximate surface area is 183 Å². The average Bonchev–Trinajstić information content (AvgIpc) is 3.04. The molecule has 8 heteroatoms. The molecule has 2 heterocycles. The highest BCUT2D eigenvalue weighted by atomic mass is 16.5. The molecule has 1 aliphatic heterocycles. The zero-order chi connectivity index (χ0) is 22.5. The summed E-state index contributed by atoms with van der Waals surface area (Å²) < 4.78 is 13.5. The van der Waals surface area contributed by atoms with Gasteiger partial charge in [0.05, 0.1) is 19.3 Å². The number of hydrogen-bond donors (Lipinski definition) is 1. The van der Waals surface area contributed by atoms with Crippen molar-refractivity contribution in [3.8, 4) is 11.5 Å². The summed E-state index contributed by atoms with van der Waals surface area (Å²) in [6.45, 7) is 9.44. The summed E-state index contributed by atoms with van der Waals surface area (Å²) in [5, 5.41) is 7.48. The summed E-state index contributed by atoms with van der Waals surface area (Å²) in [6, 6.07) is 7.13. The molecule has 2 aromatic rings. The number of ether oxygens (including phenoxy) is 2. The van der Waals surface area contributed by atoms with Gasteiger partial charge in [0.25, 0.3) is 5.91 Å². The van der Waals surface area contributed by atoms with Crippen LogP contribution in [-0.2, 0) is 11.3 Å². The first-order chi connectivity index (χ1) is 14.8. The van der Waals surface area contributed by atoms with Crippen molar-refractivity contribution in [2.24, 2.45) is 0 Å². The summed E-state index contributed by atoms with van der Waals surface area (Å²) in [5.74, 6) is 1.04. The van der Waals surface area contributed by atoms with E-state index in [2.05, 4.69) is 10.4 Å². The Morgan fingerprint density at radius 2 is 1.90 bits per heavy atom. The fourth-order valence-corrected chi connectivity index (χ4v) is 3.85. The molecule has 0 radical (unpaired) electrons. The lowest BCUT2D eigenvalue weighted by atomic mass is 10.1. The van der Waals surface area contributed by atoms with Crippen molar-refractivity contribution in [1.29, 1.82) is 0 Å². The molecule has 0 aliphatic carbocycles. The van der Waals surface area contributed by atoms with Gasteiger partial charge in [0.15, 0.2) is 11.5 Å². The van der Waals surface area contributed by atoms with Crippen molar-refractivity contribution >= 4 is 11.8 Å². The second kappa shape index (κ2) is 9.85. The molecule has 3 rings (SSSR count). The fourth-order valence-electron chi connectivity index (χ4n) is 3.85. The number of carbonyl (C=O) groups excluding carboxylic acids is 2. The number of rotatable bonds is 7. The maximum atomic E-state index is 12.8. The molecule has 1 N–H and O–H groups in total. The third kappa shape index (κ3) is 5.77. The van der Waals surface area contributed by atoms with E-state index >= 15 is 0 Å². The van der Waals surface area contributed by atoms with Crippen molar-refractivity contribution < 1.29 is 19.1 Å². The van der Waals surface area contributed by atoms with Gasteiger partial charge in [-0.1, -0.05) is 0 Å². The predicted octanol–water partition coefficient (Wildman–Crippen LogP) is 2.72. The van der Waals surface area contributed by atoms with Crippen LogP contribution < -0.4 is 14.8 Å². The second-order valence-corrected chi connectivity index (χ2v) is 8.17. The molecule has 1 saturated heterocycles. The number of aromatic nitrogens is 2. The lowest BCUT2D eigenvalue weighted by Gasteiger charge is -2.31. The van der Waals surface area contributed by atoms with Gasteiger partial charge in [0, 0.05) is 50.2 Å². The minimum Gasteiger partial charge on any atom is -0.493 e. The Morgan fingerprint density at radius 3 is 2.48 bits per heavy atom. The topological polar surface area (TPSA) is 85.7 Å². The zero-order valence-electron chi connectivity index (χ0n) is 19.0. The Hall–Kier alpha value is -3.03. The molecule has 31 heavy (non-hydrogen) atoms. The Morgan fingerprint density at radius 1 is 1.19 bits per heavy atom. The van der Waals surface area contributed by atoms with Crippen LogP contribution in [0.5, 0.6) is 11.5 Å². The summed E-state index contributed by atoms with van der Waals surface area (Å²) >= 11 is 0. The third-order valence-electron chi connectivity index (χ3n) is 5.53. The lowest BCUT2D eigenvalue weighted by molar-refractivity contribution is -0.130. The van der Waals surface area contributed by atoms with Crippen LogP contribution in [0.1, 0.15) is 48.4 Å². The van der Waals surface area contributed by atoms with Crippen LogP contribution in [-0.4, -0.2) is 58.8 Å². The van der Waals surface area contributed by atoms with E-state index in [-0.39, 0.29) is 24.0 Å². The van der Waals surface area contributed by atoms with Gasteiger partial charge in [-0.05, 0) is 45.0 Å². The third-order valence-corrected chi connectivity index (χ3v) is 5.53. The van der Waals surface area contributed by atoms with E-state index in [1.807, 2.05) is 36.4 Å². The van der Waals surface area contributed by atoms with E-state index in [4.69, 9.17) is 9.47 Å². The van der Waals surface area contributed by atoms with Crippen LogP contribution in [0.4, 0.5) is 0 Å². The largest absolute Gasteiger partial charge is 0.493 e. The maximum absolute atomic E-state index is 12.8. The first-order valence-electron chi connectivity index (χ1n) is 10.7. The highest BCUT2D eigenvalue weighted by molar-refractivity contribution is 5.95. The first kappa shape index (κ1) is 22.7. The number of methoxy groups -OCH3 is 1. The minimum atomic E-state index is -0.173. The predicted molar refractivity (Wildman–Crippen MR) is 118 cm³/mol. The molecule has 1 atom stereocenters. The van der Waals surface area contributed by atoms with Crippen LogP contribution in [0.3, 0.4) is 0 Å².